The Balaban J connectivity index is 2.26. The summed E-state index contributed by atoms with van der Waals surface area (Å²) in [5, 5.41) is 27.5. The monoisotopic (exact) mass is 246 g/mol. The lowest BCUT2D eigenvalue weighted by molar-refractivity contribution is 0.0424. The largest absolute Gasteiger partial charge is 0.465 e. The van der Waals surface area contributed by atoms with Crippen LogP contribution in [-0.2, 0) is 0 Å². The number of piperidine rings is 1. The second-order valence-corrected chi connectivity index (χ2v) is 4.40. The minimum Gasteiger partial charge on any atom is -0.465 e. The van der Waals surface area contributed by atoms with Crippen LogP contribution in [0.2, 0.25) is 0 Å². The van der Waals surface area contributed by atoms with Crippen molar-refractivity contribution in [2.75, 3.05) is 6.54 Å². The summed E-state index contributed by atoms with van der Waals surface area (Å²) in [6.45, 7) is 0.334. The van der Waals surface area contributed by atoms with Gasteiger partial charge in [0.15, 0.2) is 0 Å². The van der Waals surface area contributed by atoms with Crippen LogP contribution in [0.4, 0.5) is 4.79 Å². The lowest BCUT2D eigenvalue weighted by atomic mass is 9.93. The molecule has 0 aromatic heterocycles. The number of hydrogen-bond acceptors (Lipinski definition) is 3. The van der Waals surface area contributed by atoms with Crippen molar-refractivity contribution in [3.8, 4) is 6.07 Å². The minimum atomic E-state index is -0.976. The average molecular weight is 246 g/mol. The highest BCUT2D eigenvalue weighted by molar-refractivity contribution is 5.66. The number of benzene rings is 1. The molecule has 1 aromatic rings. The average Bonchev–Trinajstić information content (AvgIpc) is 2.38. The number of carbonyl (C=O) groups is 1. The number of carboxylic acid groups (broad SMARTS) is 1. The molecule has 1 heterocycles. The highest BCUT2D eigenvalue weighted by Crippen LogP contribution is 2.31. The van der Waals surface area contributed by atoms with Gasteiger partial charge in [0.05, 0.1) is 23.8 Å². The summed E-state index contributed by atoms with van der Waals surface area (Å²) in [6.07, 6.45) is -0.574. The third-order valence-electron chi connectivity index (χ3n) is 3.25. The van der Waals surface area contributed by atoms with E-state index >= 15 is 0 Å². The summed E-state index contributed by atoms with van der Waals surface area (Å²) in [5.41, 5.74) is 1.35. The van der Waals surface area contributed by atoms with Crippen LogP contribution in [0.15, 0.2) is 24.3 Å². The first-order chi connectivity index (χ1) is 8.61. The molecule has 2 N–H and O–H groups in total. The van der Waals surface area contributed by atoms with E-state index in [4.69, 9.17) is 10.4 Å². The standard InChI is InChI=1S/C13H14N2O3/c14-8-9-1-3-10(4-2-9)12-7-11(16)5-6-15(12)13(17)18/h1-4,11-12,16H,5-7H2,(H,17,18). The highest BCUT2D eigenvalue weighted by atomic mass is 16.4. The quantitative estimate of drug-likeness (QED) is 0.790. The molecule has 0 radical (unpaired) electrons. The number of nitriles is 1. The molecule has 0 aliphatic carbocycles. The zero-order chi connectivity index (χ0) is 13.1. The van der Waals surface area contributed by atoms with Gasteiger partial charge in [-0.2, -0.15) is 5.26 Å². The summed E-state index contributed by atoms with van der Waals surface area (Å²) in [7, 11) is 0. The van der Waals surface area contributed by atoms with Gasteiger partial charge in [-0.05, 0) is 30.5 Å². The van der Waals surface area contributed by atoms with Crippen molar-refractivity contribution >= 4 is 6.09 Å². The molecule has 5 nitrogen and oxygen atoms in total. The van der Waals surface area contributed by atoms with E-state index in [2.05, 4.69) is 0 Å². The van der Waals surface area contributed by atoms with Gasteiger partial charge in [0.1, 0.15) is 0 Å². The third kappa shape index (κ3) is 2.44. The van der Waals surface area contributed by atoms with E-state index < -0.39 is 12.2 Å². The van der Waals surface area contributed by atoms with Crippen molar-refractivity contribution in [3.05, 3.63) is 35.4 Å². The molecule has 1 saturated heterocycles. The van der Waals surface area contributed by atoms with Gasteiger partial charge in [-0.25, -0.2) is 4.79 Å². The van der Waals surface area contributed by atoms with Gasteiger partial charge in [0, 0.05) is 6.54 Å². The molecule has 0 spiro atoms. The Bertz CT molecular complexity index is 478. The number of aliphatic hydroxyl groups is 1. The Kier molecular flexibility index (Phi) is 3.49. The highest BCUT2D eigenvalue weighted by Gasteiger charge is 2.31. The fourth-order valence-electron chi connectivity index (χ4n) is 2.27. The molecule has 1 aliphatic rings. The lowest BCUT2D eigenvalue weighted by Gasteiger charge is -2.36. The molecular formula is C13H14N2O3. The van der Waals surface area contributed by atoms with Crippen LogP contribution in [-0.4, -0.2) is 33.9 Å². The third-order valence-corrected chi connectivity index (χ3v) is 3.25. The van der Waals surface area contributed by atoms with Gasteiger partial charge in [0.2, 0.25) is 0 Å². The predicted molar refractivity (Wildman–Crippen MR) is 63.9 cm³/mol. The van der Waals surface area contributed by atoms with Gasteiger partial charge < -0.3 is 15.1 Å². The molecule has 1 aromatic carbocycles. The Labute approximate surface area is 105 Å². The van der Waals surface area contributed by atoms with E-state index in [0.29, 0.717) is 24.9 Å². The zero-order valence-corrected chi connectivity index (χ0v) is 9.78. The number of hydrogen-bond donors (Lipinski definition) is 2. The molecule has 1 fully saturated rings. The molecule has 5 heteroatoms. The van der Waals surface area contributed by atoms with Crippen LogP contribution in [0.3, 0.4) is 0 Å². The van der Waals surface area contributed by atoms with Gasteiger partial charge >= 0.3 is 6.09 Å². The van der Waals surface area contributed by atoms with Crippen LogP contribution in [0.5, 0.6) is 0 Å². The topological polar surface area (TPSA) is 84.6 Å². The second-order valence-electron chi connectivity index (χ2n) is 4.40. The van der Waals surface area contributed by atoms with Gasteiger partial charge in [-0.3, -0.25) is 0 Å². The fraction of sp³-hybridized carbons (Fsp3) is 0.385. The first-order valence-electron chi connectivity index (χ1n) is 5.79. The van der Waals surface area contributed by atoms with E-state index in [1.165, 1.54) is 4.90 Å². The van der Waals surface area contributed by atoms with Crippen molar-refractivity contribution in [2.45, 2.75) is 25.0 Å². The van der Waals surface area contributed by atoms with Crippen molar-refractivity contribution in [1.82, 2.24) is 4.90 Å². The first-order valence-corrected chi connectivity index (χ1v) is 5.79. The van der Waals surface area contributed by atoms with Gasteiger partial charge in [0.25, 0.3) is 0 Å². The Morgan fingerprint density at radius 2 is 2.06 bits per heavy atom. The Morgan fingerprint density at radius 3 is 2.61 bits per heavy atom. The van der Waals surface area contributed by atoms with Crippen LogP contribution in [0, 0.1) is 11.3 Å². The molecule has 94 valence electrons. The normalized spacial score (nSPS) is 23.4. The molecule has 1 amide bonds. The maximum atomic E-state index is 11.2. The number of nitrogens with zero attached hydrogens (tertiary/aromatic N) is 2. The van der Waals surface area contributed by atoms with Crippen molar-refractivity contribution in [1.29, 1.82) is 5.26 Å². The van der Waals surface area contributed by atoms with Crippen molar-refractivity contribution in [3.63, 3.8) is 0 Å². The van der Waals surface area contributed by atoms with Crippen LogP contribution in [0.25, 0.3) is 0 Å². The van der Waals surface area contributed by atoms with E-state index in [-0.39, 0.29) is 6.04 Å². The van der Waals surface area contributed by atoms with Crippen LogP contribution < -0.4 is 0 Å². The van der Waals surface area contributed by atoms with Crippen molar-refractivity contribution < 1.29 is 15.0 Å². The molecule has 18 heavy (non-hydrogen) atoms. The molecule has 0 bridgehead atoms. The molecule has 2 atom stereocenters. The van der Waals surface area contributed by atoms with Crippen LogP contribution >= 0.6 is 0 Å². The number of amides is 1. The number of likely N-dealkylation sites (tertiary alicyclic amines) is 1. The summed E-state index contributed by atoms with van der Waals surface area (Å²) < 4.78 is 0. The Morgan fingerprint density at radius 1 is 1.39 bits per heavy atom. The summed E-state index contributed by atoms with van der Waals surface area (Å²) in [4.78, 5) is 12.5. The molecular weight excluding hydrogens is 232 g/mol. The van der Waals surface area contributed by atoms with Crippen LogP contribution in [0.1, 0.15) is 30.0 Å². The molecule has 1 aliphatic heterocycles. The molecule has 0 saturated carbocycles. The van der Waals surface area contributed by atoms with E-state index in [0.717, 1.165) is 5.56 Å². The summed E-state index contributed by atoms with van der Waals surface area (Å²) in [5.74, 6) is 0. The van der Waals surface area contributed by atoms with Gasteiger partial charge in [-0.1, -0.05) is 12.1 Å². The number of rotatable bonds is 1. The minimum absolute atomic E-state index is 0.334. The first kappa shape index (κ1) is 12.4. The smallest absolute Gasteiger partial charge is 0.407 e. The van der Waals surface area contributed by atoms with Crippen molar-refractivity contribution in [2.24, 2.45) is 0 Å². The van der Waals surface area contributed by atoms with E-state index in [1.54, 1.807) is 24.3 Å². The van der Waals surface area contributed by atoms with E-state index in [1.807, 2.05) is 6.07 Å². The lowest BCUT2D eigenvalue weighted by Crippen LogP contribution is -2.41. The number of aliphatic hydroxyl groups excluding tert-OH is 1. The zero-order valence-electron chi connectivity index (χ0n) is 9.78. The van der Waals surface area contributed by atoms with Gasteiger partial charge in [-0.15, -0.1) is 0 Å². The maximum Gasteiger partial charge on any atom is 0.407 e. The fourth-order valence-corrected chi connectivity index (χ4v) is 2.27. The molecule has 2 unspecified atom stereocenters. The SMILES string of the molecule is N#Cc1ccc(C2CC(O)CCN2C(=O)O)cc1. The predicted octanol–water partition coefficient (Wildman–Crippen LogP) is 1.73. The Hall–Kier alpha value is -2.06. The summed E-state index contributed by atoms with van der Waals surface area (Å²) >= 11 is 0. The maximum absolute atomic E-state index is 11.2. The molecule has 2 rings (SSSR count). The summed E-state index contributed by atoms with van der Waals surface area (Å²) in [6, 6.07) is 8.51. The van der Waals surface area contributed by atoms with E-state index in [9.17, 15) is 9.90 Å². The second kappa shape index (κ2) is 5.07.